The number of rotatable bonds is 3. The Morgan fingerprint density at radius 1 is 1.30 bits per heavy atom. The Balaban J connectivity index is 1.73. The number of benzene rings is 1. The summed E-state index contributed by atoms with van der Waals surface area (Å²) < 4.78 is 29.9. The fraction of sp³-hybridized carbons (Fsp3) is 0.286. The highest BCUT2D eigenvalue weighted by Gasteiger charge is 2.33. The molecule has 2 heterocycles. The number of fused-ring (bicyclic) bond motifs is 1. The van der Waals surface area contributed by atoms with Gasteiger partial charge in [-0.25, -0.2) is 18.7 Å². The van der Waals surface area contributed by atoms with Gasteiger partial charge in [0.2, 0.25) is 5.91 Å². The van der Waals surface area contributed by atoms with E-state index < -0.39 is 17.9 Å². The molecule has 156 valence electrons. The number of hydrogen-bond acceptors (Lipinski definition) is 5. The van der Waals surface area contributed by atoms with Crippen LogP contribution in [0.4, 0.5) is 14.6 Å². The molecule has 1 saturated heterocycles. The molecule has 4 rings (SSSR count). The van der Waals surface area contributed by atoms with Crippen molar-refractivity contribution < 1.29 is 18.7 Å². The quantitative estimate of drug-likeness (QED) is 0.749. The van der Waals surface area contributed by atoms with Crippen molar-refractivity contribution >= 4 is 34.2 Å². The second kappa shape index (κ2) is 8.02. The summed E-state index contributed by atoms with van der Waals surface area (Å²) in [4.78, 5) is 23.7. The number of allylic oxidation sites excluding steroid dienone is 4. The maximum Gasteiger partial charge on any atom is 0.246 e. The maximum atomic E-state index is 15.4. The summed E-state index contributed by atoms with van der Waals surface area (Å²) in [5, 5.41) is 10.5. The van der Waals surface area contributed by atoms with E-state index in [9.17, 15) is 14.3 Å². The number of halogens is 3. The van der Waals surface area contributed by atoms with Crippen LogP contribution in [0.1, 0.15) is 11.5 Å². The second-order valence-corrected chi connectivity index (χ2v) is 7.50. The van der Waals surface area contributed by atoms with E-state index in [-0.39, 0.29) is 27.8 Å². The van der Waals surface area contributed by atoms with E-state index in [1.165, 1.54) is 36.7 Å². The molecule has 0 bridgehead atoms. The van der Waals surface area contributed by atoms with Gasteiger partial charge in [0.1, 0.15) is 29.6 Å². The molecule has 9 heteroatoms. The second-order valence-electron chi connectivity index (χ2n) is 7.09. The highest BCUT2D eigenvalue weighted by molar-refractivity contribution is 6.32. The summed E-state index contributed by atoms with van der Waals surface area (Å²) in [5.41, 5.74) is -0.139. The van der Waals surface area contributed by atoms with Crippen LogP contribution in [0.2, 0.25) is 5.02 Å². The molecule has 1 aliphatic heterocycles. The molecule has 1 fully saturated rings. The van der Waals surface area contributed by atoms with Gasteiger partial charge >= 0.3 is 0 Å². The lowest BCUT2D eigenvalue weighted by molar-refractivity contribution is -0.126. The van der Waals surface area contributed by atoms with E-state index in [0.29, 0.717) is 37.4 Å². The zero-order valence-electron chi connectivity index (χ0n) is 15.9. The van der Waals surface area contributed by atoms with Gasteiger partial charge in [-0.3, -0.25) is 4.79 Å². The molecule has 1 N–H and O–H groups in total. The van der Waals surface area contributed by atoms with Crippen LogP contribution < -0.4 is 4.90 Å². The zero-order valence-corrected chi connectivity index (χ0v) is 16.7. The Hall–Kier alpha value is -3.00. The minimum Gasteiger partial charge on any atom is -0.512 e. The topological polar surface area (TPSA) is 69.6 Å². The van der Waals surface area contributed by atoms with E-state index in [2.05, 4.69) is 16.5 Å². The summed E-state index contributed by atoms with van der Waals surface area (Å²) in [6.07, 6.45) is 4.82. The number of nitrogens with zero attached hydrogens (tertiary/aromatic N) is 4. The van der Waals surface area contributed by atoms with Crippen molar-refractivity contribution in [1.29, 1.82) is 0 Å². The summed E-state index contributed by atoms with van der Waals surface area (Å²) in [7, 11) is 0. The van der Waals surface area contributed by atoms with Crippen LogP contribution in [0, 0.1) is 5.82 Å². The third kappa shape index (κ3) is 3.41. The lowest BCUT2D eigenvalue weighted by Gasteiger charge is -2.35. The first-order valence-corrected chi connectivity index (χ1v) is 9.80. The summed E-state index contributed by atoms with van der Waals surface area (Å²) in [6, 6.07) is 1.50. The molecule has 0 radical (unpaired) electrons. The molecule has 2 aromatic rings. The molecule has 1 amide bonds. The fourth-order valence-corrected chi connectivity index (χ4v) is 4.19. The van der Waals surface area contributed by atoms with Gasteiger partial charge in [0.15, 0.2) is 5.82 Å². The Kier molecular flexibility index (Phi) is 5.42. The van der Waals surface area contributed by atoms with E-state index in [1.807, 2.05) is 4.90 Å². The number of piperazine rings is 1. The molecule has 1 aromatic heterocycles. The SMILES string of the molecule is C=CC(=O)N1CCN(c2ncnc3c(F)c([C@@H]4C(O)=CC=CC4F)c(Cl)cc23)CC1. The van der Waals surface area contributed by atoms with Crippen LogP contribution in [-0.2, 0) is 4.79 Å². The molecule has 1 aromatic carbocycles. The van der Waals surface area contributed by atoms with Gasteiger partial charge in [-0.1, -0.05) is 24.3 Å². The molecule has 2 aliphatic rings. The van der Waals surface area contributed by atoms with Crippen LogP contribution in [0.25, 0.3) is 10.9 Å². The van der Waals surface area contributed by atoms with E-state index in [4.69, 9.17) is 11.6 Å². The van der Waals surface area contributed by atoms with Gasteiger partial charge in [-0.15, -0.1) is 0 Å². The number of aliphatic hydroxyl groups is 1. The van der Waals surface area contributed by atoms with Crippen molar-refractivity contribution in [2.24, 2.45) is 0 Å². The van der Waals surface area contributed by atoms with Crippen LogP contribution in [-0.4, -0.2) is 58.2 Å². The van der Waals surface area contributed by atoms with Gasteiger partial charge in [0, 0.05) is 42.2 Å². The van der Waals surface area contributed by atoms with Crippen LogP contribution in [0.3, 0.4) is 0 Å². The smallest absolute Gasteiger partial charge is 0.246 e. The number of aliphatic hydroxyl groups excluding tert-OH is 1. The van der Waals surface area contributed by atoms with E-state index in [0.717, 1.165) is 0 Å². The summed E-state index contributed by atoms with van der Waals surface area (Å²) in [6.45, 7) is 5.44. The number of alkyl halides is 1. The van der Waals surface area contributed by atoms with E-state index in [1.54, 1.807) is 4.90 Å². The molecule has 30 heavy (non-hydrogen) atoms. The van der Waals surface area contributed by atoms with Gasteiger partial charge in [0.05, 0.1) is 5.92 Å². The van der Waals surface area contributed by atoms with Crippen molar-refractivity contribution in [2.75, 3.05) is 31.1 Å². The first-order valence-electron chi connectivity index (χ1n) is 9.42. The molecule has 1 aliphatic carbocycles. The Labute approximate surface area is 176 Å². The predicted molar refractivity (Wildman–Crippen MR) is 111 cm³/mol. The van der Waals surface area contributed by atoms with Crippen molar-refractivity contribution in [3.05, 3.63) is 65.4 Å². The first-order chi connectivity index (χ1) is 14.4. The molecular weight excluding hydrogens is 414 g/mol. The molecule has 6 nitrogen and oxygen atoms in total. The van der Waals surface area contributed by atoms with Crippen molar-refractivity contribution in [2.45, 2.75) is 12.1 Å². The van der Waals surface area contributed by atoms with Crippen LogP contribution in [0.5, 0.6) is 0 Å². The zero-order chi connectivity index (χ0) is 21.4. The average Bonchev–Trinajstić information content (AvgIpc) is 2.75. The molecule has 0 saturated carbocycles. The Morgan fingerprint density at radius 2 is 2.03 bits per heavy atom. The number of carbonyl (C=O) groups is 1. The van der Waals surface area contributed by atoms with Gasteiger partial charge in [-0.2, -0.15) is 0 Å². The first kappa shape index (κ1) is 20.3. The standard InChI is InChI=1S/C21H19ClF2N4O2/c1-2-16(30)27-6-8-28(9-7-27)21-12-10-13(22)17(19(24)20(12)25-11-26-21)18-14(23)4-3-5-15(18)29/h2-5,10-11,14,18,29H,1,6-9H2/t14?,18-/m0/s1. The van der Waals surface area contributed by atoms with Crippen molar-refractivity contribution in [3.63, 3.8) is 0 Å². The number of anilines is 1. The fourth-order valence-electron chi connectivity index (χ4n) is 3.88. The predicted octanol–water partition coefficient (Wildman–Crippen LogP) is 3.69. The molecule has 1 unspecified atom stereocenters. The van der Waals surface area contributed by atoms with E-state index >= 15 is 4.39 Å². The van der Waals surface area contributed by atoms with Crippen LogP contribution >= 0.6 is 11.6 Å². The van der Waals surface area contributed by atoms with Crippen molar-refractivity contribution in [3.8, 4) is 0 Å². The maximum absolute atomic E-state index is 15.4. The lowest BCUT2D eigenvalue weighted by Crippen LogP contribution is -2.48. The number of aromatic nitrogens is 2. The Morgan fingerprint density at radius 3 is 2.70 bits per heavy atom. The minimum absolute atomic E-state index is 0.00134. The number of carbonyl (C=O) groups excluding carboxylic acids is 1. The van der Waals surface area contributed by atoms with Crippen LogP contribution in [0.15, 0.2) is 49.0 Å². The normalized spacial score (nSPS) is 21.6. The monoisotopic (exact) mass is 432 g/mol. The van der Waals surface area contributed by atoms with Gasteiger partial charge in [0.25, 0.3) is 0 Å². The highest BCUT2D eigenvalue weighted by Crippen LogP contribution is 2.41. The number of amides is 1. The lowest BCUT2D eigenvalue weighted by atomic mass is 9.88. The van der Waals surface area contributed by atoms with Gasteiger partial charge < -0.3 is 14.9 Å². The summed E-state index contributed by atoms with van der Waals surface area (Å²) in [5.74, 6) is -1.99. The third-order valence-electron chi connectivity index (χ3n) is 5.41. The third-order valence-corrected chi connectivity index (χ3v) is 5.72. The minimum atomic E-state index is -1.61. The highest BCUT2D eigenvalue weighted by atomic mass is 35.5. The van der Waals surface area contributed by atoms with Crippen molar-refractivity contribution in [1.82, 2.24) is 14.9 Å². The summed E-state index contributed by atoms with van der Waals surface area (Å²) >= 11 is 6.36. The number of hydrogen-bond donors (Lipinski definition) is 1. The molecule has 2 atom stereocenters. The van der Waals surface area contributed by atoms with Gasteiger partial charge in [-0.05, 0) is 24.3 Å². The Bertz CT molecular complexity index is 1080. The molecular formula is C21H19ClF2N4O2. The molecule has 0 spiro atoms. The largest absolute Gasteiger partial charge is 0.512 e. The average molecular weight is 433 g/mol.